The van der Waals surface area contributed by atoms with Crippen molar-refractivity contribution in [2.75, 3.05) is 4.90 Å². The third kappa shape index (κ3) is 5.85. The number of fused-ring (bicyclic) bond motifs is 13. The molecule has 72 heavy (non-hydrogen) atoms. The fourth-order valence-electron chi connectivity index (χ4n) is 12.3. The lowest BCUT2D eigenvalue weighted by Gasteiger charge is -2.34. The zero-order chi connectivity index (χ0) is 47.3. The molecule has 0 spiro atoms. The molecule has 2 heterocycles. The van der Waals surface area contributed by atoms with Crippen LogP contribution in [-0.4, -0.2) is 0 Å². The maximum Gasteiger partial charge on any atom is 0.143 e. The number of hydrogen-bond donors (Lipinski definition) is 0. The first-order valence-corrected chi connectivity index (χ1v) is 24.7. The van der Waals surface area contributed by atoms with E-state index in [1.807, 2.05) is 0 Å². The largest absolute Gasteiger partial charge is 0.455 e. The van der Waals surface area contributed by atoms with E-state index in [4.69, 9.17) is 8.83 Å². The second-order valence-corrected chi connectivity index (χ2v) is 19.0. The second-order valence-electron chi connectivity index (χ2n) is 19.0. The van der Waals surface area contributed by atoms with E-state index >= 15 is 0 Å². The smallest absolute Gasteiger partial charge is 0.143 e. The van der Waals surface area contributed by atoms with Crippen LogP contribution < -0.4 is 4.90 Å². The molecule has 0 amide bonds. The van der Waals surface area contributed by atoms with E-state index in [1.165, 1.54) is 44.2 Å². The Morgan fingerprint density at radius 2 is 0.750 bits per heavy atom. The van der Waals surface area contributed by atoms with Crippen molar-refractivity contribution in [1.29, 1.82) is 0 Å². The Labute approximate surface area is 416 Å². The van der Waals surface area contributed by atoms with Gasteiger partial charge in [0.05, 0.1) is 11.1 Å². The summed E-state index contributed by atoms with van der Waals surface area (Å²) in [7, 11) is 0. The van der Waals surface area contributed by atoms with E-state index in [2.05, 4.69) is 266 Å². The molecule has 0 radical (unpaired) electrons. The van der Waals surface area contributed by atoms with Crippen LogP contribution >= 0.6 is 0 Å². The molecule has 2 aromatic heterocycles. The molecule has 0 saturated carbocycles. The Kier molecular flexibility index (Phi) is 8.87. The predicted molar refractivity (Wildman–Crippen MR) is 299 cm³/mol. The fraction of sp³-hybridized carbons (Fsp3) is 0.0145. The molecule has 0 aliphatic heterocycles. The molecule has 0 atom stereocenters. The van der Waals surface area contributed by atoms with Crippen molar-refractivity contribution >= 4 is 82.5 Å². The summed E-state index contributed by atoms with van der Waals surface area (Å²) in [5.74, 6) is 0. The van der Waals surface area contributed by atoms with E-state index in [1.54, 1.807) is 0 Å². The van der Waals surface area contributed by atoms with Crippen molar-refractivity contribution in [2.45, 2.75) is 5.41 Å². The topological polar surface area (TPSA) is 29.5 Å². The van der Waals surface area contributed by atoms with Gasteiger partial charge in [0, 0.05) is 49.3 Å². The van der Waals surface area contributed by atoms with Crippen LogP contribution in [0.5, 0.6) is 0 Å². The molecule has 14 aromatic rings. The van der Waals surface area contributed by atoms with Gasteiger partial charge >= 0.3 is 0 Å². The fourth-order valence-corrected chi connectivity index (χ4v) is 12.3. The van der Waals surface area contributed by atoms with Gasteiger partial charge in [0.2, 0.25) is 0 Å². The molecule has 0 saturated heterocycles. The summed E-state index contributed by atoms with van der Waals surface area (Å²) in [6.07, 6.45) is 0. The Morgan fingerprint density at radius 1 is 0.306 bits per heavy atom. The third-order valence-corrected chi connectivity index (χ3v) is 15.3. The molecule has 0 bridgehead atoms. The Bertz CT molecular complexity index is 4200. The number of benzene rings is 12. The maximum atomic E-state index is 6.64. The summed E-state index contributed by atoms with van der Waals surface area (Å²) in [6, 6.07) is 94.8. The van der Waals surface area contributed by atoms with Gasteiger partial charge in [0.25, 0.3) is 0 Å². The average molecular weight is 918 g/mol. The van der Waals surface area contributed by atoms with Gasteiger partial charge in [-0.3, -0.25) is 0 Å². The molecule has 1 aliphatic carbocycles. The molecule has 0 unspecified atom stereocenters. The van der Waals surface area contributed by atoms with E-state index in [9.17, 15) is 0 Å². The summed E-state index contributed by atoms with van der Waals surface area (Å²) in [6.45, 7) is 0. The lowest BCUT2D eigenvalue weighted by Crippen LogP contribution is -2.28. The Balaban J connectivity index is 0.931. The number of rotatable bonds is 7. The molecule has 3 heteroatoms. The van der Waals surface area contributed by atoms with Crippen LogP contribution in [0.15, 0.2) is 270 Å². The van der Waals surface area contributed by atoms with Crippen molar-refractivity contribution in [3.8, 4) is 33.4 Å². The first-order valence-electron chi connectivity index (χ1n) is 24.7. The van der Waals surface area contributed by atoms with E-state index in [0.717, 1.165) is 94.0 Å². The monoisotopic (exact) mass is 917 g/mol. The number of furan rings is 2. The van der Waals surface area contributed by atoms with Crippen LogP contribution in [0.1, 0.15) is 22.3 Å². The van der Waals surface area contributed by atoms with Crippen LogP contribution in [0, 0.1) is 0 Å². The van der Waals surface area contributed by atoms with Gasteiger partial charge in [-0.15, -0.1) is 0 Å². The molecule has 15 rings (SSSR count). The van der Waals surface area contributed by atoms with Crippen LogP contribution in [0.25, 0.3) is 98.8 Å². The van der Waals surface area contributed by atoms with Crippen molar-refractivity contribution in [2.24, 2.45) is 0 Å². The predicted octanol–water partition coefficient (Wildman–Crippen LogP) is 19.0. The minimum atomic E-state index is -0.543. The molecule has 336 valence electrons. The number of hydrogen-bond acceptors (Lipinski definition) is 3. The minimum Gasteiger partial charge on any atom is -0.455 e. The lowest BCUT2D eigenvalue weighted by molar-refractivity contribution is 0.672. The highest BCUT2D eigenvalue weighted by Gasteiger charge is 2.47. The highest BCUT2D eigenvalue weighted by molar-refractivity contribution is 6.20. The number of anilines is 3. The van der Waals surface area contributed by atoms with E-state index in [-0.39, 0.29) is 0 Å². The molecule has 3 nitrogen and oxygen atoms in total. The van der Waals surface area contributed by atoms with Crippen molar-refractivity contribution in [1.82, 2.24) is 0 Å². The van der Waals surface area contributed by atoms with Gasteiger partial charge < -0.3 is 13.7 Å². The standard InChI is InChI=1S/C69H43NO2/c1-3-18-48(19-4-1)69(49-20-5-2-6-21-49)59-27-12-11-24-56(59)66-60(69)28-15-29-61(66)70(50-38-32-46(33-39-50)52-25-13-30-62-64(52)57-42-36-44-16-7-9-22-54(44)67(57)71-62)51-40-34-47(35-41-51)53-26-14-31-63-65(53)58-43-37-45-17-8-10-23-55(45)68(58)72-63/h1-43H. The van der Waals surface area contributed by atoms with Gasteiger partial charge in [0.15, 0.2) is 0 Å². The van der Waals surface area contributed by atoms with Crippen LogP contribution in [-0.2, 0) is 5.41 Å². The summed E-state index contributed by atoms with van der Waals surface area (Å²) in [5.41, 5.74) is 18.3. The molecule has 12 aromatic carbocycles. The highest BCUT2D eigenvalue weighted by Crippen LogP contribution is 2.59. The molecule has 0 N–H and O–H groups in total. The minimum absolute atomic E-state index is 0.543. The van der Waals surface area contributed by atoms with Crippen molar-refractivity contribution in [3.05, 3.63) is 283 Å². The van der Waals surface area contributed by atoms with Crippen LogP contribution in [0.2, 0.25) is 0 Å². The van der Waals surface area contributed by atoms with Gasteiger partial charge in [-0.05, 0) is 115 Å². The summed E-state index contributed by atoms with van der Waals surface area (Å²) < 4.78 is 13.3. The van der Waals surface area contributed by atoms with Crippen LogP contribution in [0.3, 0.4) is 0 Å². The van der Waals surface area contributed by atoms with Crippen molar-refractivity contribution < 1.29 is 8.83 Å². The van der Waals surface area contributed by atoms with Crippen molar-refractivity contribution in [3.63, 3.8) is 0 Å². The normalized spacial score (nSPS) is 12.8. The molecular formula is C69H43NO2. The summed E-state index contributed by atoms with van der Waals surface area (Å²) in [4.78, 5) is 2.45. The van der Waals surface area contributed by atoms with Crippen LogP contribution in [0.4, 0.5) is 17.1 Å². The summed E-state index contributed by atoms with van der Waals surface area (Å²) in [5, 5.41) is 9.08. The second kappa shape index (κ2) is 15.8. The third-order valence-electron chi connectivity index (χ3n) is 15.3. The first kappa shape index (κ1) is 40.4. The summed E-state index contributed by atoms with van der Waals surface area (Å²) >= 11 is 0. The zero-order valence-electron chi connectivity index (χ0n) is 39.1. The maximum absolute atomic E-state index is 6.64. The zero-order valence-corrected chi connectivity index (χ0v) is 39.1. The Hall–Kier alpha value is -9.44. The highest BCUT2D eigenvalue weighted by atomic mass is 16.3. The van der Waals surface area contributed by atoms with Gasteiger partial charge in [-0.25, -0.2) is 0 Å². The number of nitrogens with zero attached hydrogens (tertiary/aromatic N) is 1. The van der Waals surface area contributed by atoms with Gasteiger partial charge in [0.1, 0.15) is 22.3 Å². The quantitative estimate of drug-likeness (QED) is 0.160. The Morgan fingerprint density at radius 3 is 1.29 bits per heavy atom. The molecule has 0 fully saturated rings. The van der Waals surface area contributed by atoms with E-state index < -0.39 is 5.41 Å². The first-order chi connectivity index (χ1) is 35.7. The van der Waals surface area contributed by atoms with Gasteiger partial charge in [-0.1, -0.05) is 206 Å². The van der Waals surface area contributed by atoms with E-state index in [0.29, 0.717) is 0 Å². The lowest BCUT2D eigenvalue weighted by atomic mass is 9.68. The average Bonchev–Trinajstić information content (AvgIpc) is 4.14. The molecule has 1 aliphatic rings. The SMILES string of the molecule is c1ccc(C2(c3ccccc3)c3ccccc3-c3c(N(c4ccc(-c5cccc6oc7c8ccccc8ccc7c56)cc4)c4ccc(-c5cccc6oc7c8ccccc8ccc7c56)cc4)cccc32)cc1. The molecular weight excluding hydrogens is 875 g/mol. The van der Waals surface area contributed by atoms with Gasteiger partial charge in [-0.2, -0.15) is 0 Å².